The first-order chi connectivity index (χ1) is 68.0. The van der Waals surface area contributed by atoms with Gasteiger partial charge in [0.15, 0.2) is 17.9 Å². The number of ether oxygens (including phenoxy) is 6. The number of hydrogen-bond donors (Lipinski definition) is 3. The van der Waals surface area contributed by atoms with Crippen LogP contribution < -0.4 is 28.4 Å². The van der Waals surface area contributed by atoms with Gasteiger partial charge in [-0.1, -0.05) is 154 Å². The van der Waals surface area contributed by atoms with Crippen molar-refractivity contribution in [3.8, 4) is 59.6 Å². The Labute approximate surface area is 922 Å². The van der Waals surface area contributed by atoms with Crippen LogP contribution in [0.5, 0.6) is 35.3 Å². The summed E-state index contributed by atoms with van der Waals surface area (Å²) in [7, 11) is 12.9. The molecule has 144 heavy (non-hydrogen) atoms. The summed E-state index contributed by atoms with van der Waals surface area (Å²) in [5.74, 6) is 10.1. The van der Waals surface area contributed by atoms with Crippen molar-refractivity contribution in [2.24, 2.45) is 39.8 Å². The van der Waals surface area contributed by atoms with E-state index in [1.165, 1.54) is 155 Å². The van der Waals surface area contributed by atoms with E-state index in [9.17, 15) is 40.8 Å². The summed E-state index contributed by atoms with van der Waals surface area (Å²) in [6.07, 6.45) is 23.2. The molecule has 0 bridgehead atoms. The number of pyridine rings is 6. The van der Waals surface area contributed by atoms with Crippen molar-refractivity contribution in [1.82, 2.24) is 29.9 Å². The van der Waals surface area contributed by atoms with Gasteiger partial charge in [0.1, 0.15) is 6.10 Å². The Morgan fingerprint density at radius 2 is 0.694 bits per heavy atom. The minimum atomic E-state index is -1.39. The van der Waals surface area contributed by atoms with Crippen LogP contribution in [0.25, 0.3) is 0 Å². The molecule has 0 saturated heterocycles. The summed E-state index contributed by atoms with van der Waals surface area (Å²) >= 11 is 30.5. The molecule has 2 aromatic carbocycles. The fourth-order valence-electron chi connectivity index (χ4n) is 16.8. The van der Waals surface area contributed by atoms with Gasteiger partial charge in [0.25, 0.3) is 0 Å². The number of aryl methyl sites for hydroxylation is 4. The number of thiol groups is 1. The molecule has 8 aromatic rings. The van der Waals surface area contributed by atoms with E-state index in [0.717, 1.165) is 163 Å². The zero-order valence-electron chi connectivity index (χ0n) is 90.0. The molecule has 1 atom stereocenters. The van der Waals surface area contributed by atoms with Gasteiger partial charge < -0.3 is 38.6 Å². The first kappa shape index (κ1) is 126. The Morgan fingerprint density at radius 1 is 0.451 bits per heavy atom. The molecule has 6 fully saturated rings. The predicted molar refractivity (Wildman–Crippen MR) is 609 cm³/mol. The predicted octanol–water partition coefficient (Wildman–Crippen LogP) is 30.6. The summed E-state index contributed by atoms with van der Waals surface area (Å²) in [5.41, 5.74) is 23.5. The molecular weight excluding hydrogens is 2260 g/mol. The van der Waals surface area contributed by atoms with Gasteiger partial charge in [-0.05, 0) is 378 Å². The third-order valence-corrected chi connectivity index (χ3v) is 35.9. The van der Waals surface area contributed by atoms with E-state index in [1.807, 2.05) is 32.9 Å². The Balaban J connectivity index is 0.000000260. The number of halogens is 7. The van der Waals surface area contributed by atoms with Gasteiger partial charge in [0.2, 0.25) is 35.3 Å². The van der Waals surface area contributed by atoms with Crippen LogP contribution in [-0.2, 0) is 74.5 Å². The Bertz CT molecular complexity index is 5600. The number of alkyl halides is 1. The van der Waals surface area contributed by atoms with Crippen molar-refractivity contribution in [1.29, 1.82) is 21.0 Å². The fraction of sp³-hybridized carbons (Fsp3) is 0.575. The van der Waals surface area contributed by atoms with Gasteiger partial charge in [-0.15, -0.1) is 0 Å². The van der Waals surface area contributed by atoms with Gasteiger partial charge in [0.05, 0.1) is 107 Å². The SMILES string of the molecule is CC(=O)Br.CC(C)(C)[Si](C)(C)Cl.CCc1nc(OC)c(C(C)C)c(Br)c1CC1CC1.CCc1nc(OC)c(C(C)C)c(C(=O)c2cc(C#N)cc(C#N)c2)c1CC1CC1.CCc1nc(OC)c(C(C)C)c(C(O)c2cc(C#N)cc(C#N)c2)c1CC1CC1.COc1nc(C)c(CC2CC2)c(Br)c1C(C)C.COc1nc(CBr)c(CC2CC2)c(Br)c1C(C)C.COc1nc(CO)c(CC2CC2)c(Br)c1C(C)C.[B]=NS. The topological polar surface area (TPSA) is 315 Å². The van der Waals surface area contributed by atoms with Crippen LogP contribution in [0, 0.1) is 87.8 Å². The van der Waals surface area contributed by atoms with Crippen molar-refractivity contribution in [2.45, 2.75) is 345 Å². The number of ketones is 1. The number of carbonyl (C=O) groups is 2. The van der Waals surface area contributed by atoms with Crippen LogP contribution in [0.3, 0.4) is 0 Å². The number of carbonyl (C=O) groups excluding carboxylic acids is 2. The van der Waals surface area contributed by atoms with Crippen LogP contribution in [0.15, 0.2) is 58.6 Å². The molecule has 21 nitrogen and oxygen atoms in total. The molecule has 781 valence electrons. The van der Waals surface area contributed by atoms with Crippen LogP contribution in [0.2, 0.25) is 18.1 Å². The van der Waals surface area contributed by atoms with Crippen LogP contribution in [0.4, 0.5) is 0 Å². The van der Waals surface area contributed by atoms with Gasteiger partial charge in [0, 0.05) is 97.4 Å². The third-order valence-electron chi connectivity index (χ3n) is 26.5. The van der Waals surface area contributed by atoms with E-state index in [1.54, 1.807) is 66.9 Å². The van der Waals surface area contributed by atoms with Crippen LogP contribution in [-0.4, -0.2) is 108 Å². The van der Waals surface area contributed by atoms with E-state index in [4.69, 9.17) is 54.5 Å². The molecule has 6 aliphatic rings. The number of nitrogens with zero attached hydrogens (tertiary/aromatic N) is 11. The zero-order valence-corrected chi connectivity index (χ0v) is 102. The summed E-state index contributed by atoms with van der Waals surface area (Å²) in [4.78, 5) is 51.1. The number of nitriles is 4. The van der Waals surface area contributed by atoms with Crippen molar-refractivity contribution in [2.75, 3.05) is 42.7 Å². The molecule has 6 heterocycles. The van der Waals surface area contributed by atoms with Gasteiger partial charge in [-0.25, -0.2) is 29.9 Å². The number of aliphatic hydroxyl groups excluding tert-OH is 2. The number of benzene rings is 2. The molecule has 0 amide bonds. The molecule has 0 spiro atoms. The average molecular weight is 2410 g/mol. The van der Waals surface area contributed by atoms with Crippen LogP contribution >= 0.6 is 119 Å². The summed E-state index contributed by atoms with van der Waals surface area (Å²) in [6, 6.07) is 17.8. The molecule has 0 aliphatic heterocycles. The summed E-state index contributed by atoms with van der Waals surface area (Å²) in [6.45, 7) is 46.2. The summed E-state index contributed by atoms with van der Waals surface area (Å²) in [5, 5.41) is 59.5. The standard InChI is InChI=1S/C24H27N3O2.C24H25N3O2.C15H22BrNO.C14H19Br2NO.C14H20BrNO2.C14H20BrNO.C6H15ClSi.C2H3BrO.BHNS/c2*1-5-20-19(11-15-6-7-15)22(21(14(2)3)24(27-20)29-4)23(28)18-9-16(12-25)8-17(10-18)13-26;1-5-12-11(8-10-6-7-10)14(16)13(9(2)3)15(17-12)18-4;1-8(2)12-13(16)10(6-9-4-5-9)11(7-15)17-14(12)18-3;1-8(2)12-13(15)10(6-9-4-5-9)11(7-17)16-14(12)18-3;1-8(2)12-13(15)11(7-10-5-6-10)9(3)16-14(12)17-4;1-6(2,3)8(4,5)7;1-2(3)4;1-2-3/h8-10,14-15,23,28H,5-7,11H2,1-4H3;8-10,14-15H,5-7,11H2,1-4H3;9-10H,5-8H2,1-4H3;8-9H,4-7H2,1-3H3;8-9,17H,4-7H2,1-3H3;8,10H,5-7H2,1-4H3;1-5H3;1H3;3H. The normalized spacial score (nSPS) is 14.1. The van der Waals surface area contributed by atoms with Crippen molar-refractivity contribution in [3.05, 3.63) is 200 Å². The number of hydrogen-bond acceptors (Lipinski definition) is 22. The molecule has 1 radical (unpaired) electrons. The quantitative estimate of drug-likeness (QED) is 0.00859. The number of rotatable bonds is 33. The molecule has 6 aromatic heterocycles. The van der Waals surface area contributed by atoms with Crippen molar-refractivity contribution < 1.29 is 48.2 Å². The maximum absolute atomic E-state index is 13.8. The molecular formula is C113H152BBr6ClN11O10SSi. The second-order valence-electron chi connectivity index (χ2n) is 41.2. The maximum atomic E-state index is 13.8. The first-order valence-electron chi connectivity index (χ1n) is 50.4. The zero-order chi connectivity index (χ0) is 108. The monoisotopic (exact) mass is 2400 g/mol. The second kappa shape index (κ2) is 59.5. The van der Waals surface area contributed by atoms with Gasteiger partial charge in [-0.3, -0.25) is 9.59 Å². The first-order valence-corrected chi connectivity index (χ1v) is 59.9. The van der Waals surface area contributed by atoms with Crippen LogP contribution in [0.1, 0.15) is 400 Å². The van der Waals surface area contributed by atoms with E-state index >= 15 is 0 Å². The van der Waals surface area contributed by atoms with Crippen molar-refractivity contribution >= 4 is 145 Å². The molecule has 14 rings (SSSR count). The molecule has 2 N–H and O–H groups in total. The molecule has 6 saturated carbocycles. The second-order valence-corrected chi connectivity index (χ2v) is 53.6. The van der Waals surface area contributed by atoms with Gasteiger partial charge in [-0.2, -0.15) is 32.1 Å². The fourth-order valence-corrected chi connectivity index (χ4v) is 21.4. The van der Waals surface area contributed by atoms with E-state index in [2.05, 4.69) is 271 Å². The Kier molecular flexibility index (Phi) is 51.9. The van der Waals surface area contributed by atoms with Gasteiger partial charge >= 0.3 is 24.8 Å². The average Bonchev–Trinajstić information content (AvgIpc) is 1.39. The number of methoxy groups -OCH3 is 6. The third kappa shape index (κ3) is 36.4. The minimum absolute atomic E-state index is 0.0208. The van der Waals surface area contributed by atoms with E-state index < -0.39 is 13.5 Å². The Hall–Kier alpha value is -7.04. The van der Waals surface area contributed by atoms with E-state index in [-0.39, 0.29) is 28.9 Å². The molecule has 31 heteroatoms. The molecule has 1 unspecified atom stereocenters. The van der Waals surface area contributed by atoms with E-state index in [0.29, 0.717) is 104 Å². The Morgan fingerprint density at radius 3 is 0.979 bits per heavy atom. The number of aromatic nitrogens is 6. The molecule has 6 aliphatic carbocycles. The number of aliphatic hydroxyl groups is 2. The summed E-state index contributed by atoms with van der Waals surface area (Å²) < 4.78 is 40.2. The van der Waals surface area contributed by atoms with Crippen molar-refractivity contribution in [3.63, 3.8) is 0 Å².